The first-order valence-electron chi connectivity index (χ1n) is 13.5. The van der Waals surface area contributed by atoms with E-state index in [1.54, 1.807) is 38.3 Å². The fourth-order valence-electron chi connectivity index (χ4n) is 4.68. The number of thiazole rings is 1. The Morgan fingerprint density at radius 1 is 1.00 bits per heavy atom. The third-order valence-electron chi connectivity index (χ3n) is 6.68. The lowest BCUT2D eigenvalue weighted by molar-refractivity contribution is -0.136. The molecule has 1 aliphatic rings. The normalized spacial score (nSPS) is 14.6. The molecule has 0 fully saturated rings. The molecular formula is C31H34N2O8S. The number of carbonyl (C=O) groups excluding carboxylic acids is 2. The Hall–Kier alpha value is -4.38. The SMILES string of the molecule is CCCCCOc1ccc(/C=c2/sc3n(c2=O)[C@H](c2ccc(OC(C)=O)c(OC)c2)C(C(=O)OC)=C(C)N=3)cc1OC. The van der Waals surface area contributed by atoms with Gasteiger partial charge in [-0.2, -0.15) is 0 Å². The summed E-state index contributed by atoms with van der Waals surface area (Å²) in [6.07, 6.45) is 4.90. The molecule has 0 bridgehead atoms. The van der Waals surface area contributed by atoms with Gasteiger partial charge in [0.05, 0.1) is 49.8 Å². The van der Waals surface area contributed by atoms with Crippen LogP contribution in [0.2, 0.25) is 0 Å². The molecule has 0 amide bonds. The van der Waals surface area contributed by atoms with Crippen molar-refractivity contribution in [3.8, 4) is 23.0 Å². The van der Waals surface area contributed by atoms with Crippen molar-refractivity contribution >= 4 is 29.4 Å². The maximum absolute atomic E-state index is 13.9. The largest absolute Gasteiger partial charge is 0.493 e. The molecule has 0 spiro atoms. The molecule has 1 aliphatic heterocycles. The minimum Gasteiger partial charge on any atom is -0.493 e. The molecule has 0 saturated carbocycles. The molecule has 11 heteroatoms. The smallest absolute Gasteiger partial charge is 0.338 e. The molecule has 10 nitrogen and oxygen atoms in total. The summed E-state index contributed by atoms with van der Waals surface area (Å²) in [5, 5.41) is 0. The molecule has 3 aromatic rings. The van der Waals surface area contributed by atoms with Crippen molar-refractivity contribution in [2.24, 2.45) is 4.99 Å². The number of hydrogen-bond donors (Lipinski definition) is 0. The number of unbranched alkanes of at least 4 members (excludes halogenated alkanes) is 2. The van der Waals surface area contributed by atoms with Gasteiger partial charge in [-0.05, 0) is 54.8 Å². The minimum absolute atomic E-state index is 0.213. The Morgan fingerprint density at radius 3 is 2.38 bits per heavy atom. The molecule has 222 valence electrons. The summed E-state index contributed by atoms with van der Waals surface area (Å²) >= 11 is 1.21. The second-order valence-corrected chi connectivity index (χ2v) is 10.6. The second kappa shape index (κ2) is 13.5. The van der Waals surface area contributed by atoms with Crippen LogP contribution in [0.1, 0.15) is 57.2 Å². The maximum Gasteiger partial charge on any atom is 0.338 e. The Bertz CT molecular complexity index is 1700. The summed E-state index contributed by atoms with van der Waals surface area (Å²) < 4.78 is 29.1. The standard InChI is InChI=1S/C31H34N2O8S/c1-7-8-9-14-40-22-12-10-20(15-24(22)37-4)16-26-29(35)33-28(27(30(36)39-6)18(2)32-31(33)42-26)21-11-13-23(41-19(3)34)25(17-21)38-5/h10-13,15-17,28H,7-9,14H2,1-6H3/b26-16+/t28-/m1/s1. The van der Waals surface area contributed by atoms with E-state index in [2.05, 4.69) is 11.9 Å². The molecule has 42 heavy (non-hydrogen) atoms. The number of methoxy groups -OCH3 is 3. The fraction of sp³-hybridized carbons (Fsp3) is 0.355. The number of allylic oxidation sites excluding steroid dienone is 1. The van der Waals surface area contributed by atoms with Gasteiger partial charge in [0.2, 0.25) is 0 Å². The van der Waals surface area contributed by atoms with Gasteiger partial charge in [-0.3, -0.25) is 14.2 Å². The van der Waals surface area contributed by atoms with Gasteiger partial charge in [-0.25, -0.2) is 9.79 Å². The highest BCUT2D eigenvalue weighted by molar-refractivity contribution is 7.07. The van der Waals surface area contributed by atoms with Crippen molar-refractivity contribution < 1.29 is 33.3 Å². The predicted molar refractivity (Wildman–Crippen MR) is 158 cm³/mol. The lowest BCUT2D eigenvalue weighted by atomic mass is 9.95. The highest BCUT2D eigenvalue weighted by Gasteiger charge is 2.33. The zero-order valence-electron chi connectivity index (χ0n) is 24.5. The number of rotatable bonds is 11. The van der Waals surface area contributed by atoms with Crippen LogP contribution < -0.4 is 33.8 Å². The van der Waals surface area contributed by atoms with E-state index in [1.807, 2.05) is 18.2 Å². The van der Waals surface area contributed by atoms with Crippen molar-refractivity contribution in [3.63, 3.8) is 0 Å². The molecule has 2 aromatic carbocycles. The van der Waals surface area contributed by atoms with Crippen molar-refractivity contribution in [3.05, 3.63) is 78.5 Å². The predicted octanol–water partition coefficient (Wildman–Crippen LogP) is 3.92. The monoisotopic (exact) mass is 594 g/mol. The molecule has 0 aliphatic carbocycles. The Kier molecular flexibility index (Phi) is 9.84. The number of fused-ring (bicyclic) bond motifs is 1. The molecule has 0 saturated heterocycles. The van der Waals surface area contributed by atoms with E-state index in [9.17, 15) is 14.4 Å². The van der Waals surface area contributed by atoms with Gasteiger partial charge in [0.1, 0.15) is 0 Å². The van der Waals surface area contributed by atoms with E-state index >= 15 is 0 Å². The van der Waals surface area contributed by atoms with Crippen LogP contribution in [0.15, 0.2) is 57.5 Å². The van der Waals surface area contributed by atoms with Crippen LogP contribution in [0.4, 0.5) is 0 Å². The van der Waals surface area contributed by atoms with Gasteiger partial charge >= 0.3 is 11.9 Å². The third kappa shape index (κ3) is 6.41. The second-order valence-electron chi connectivity index (χ2n) is 9.54. The first-order valence-corrected chi connectivity index (χ1v) is 14.3. The summed E-state index contributed by atoms with van der Waals surface area (Å²) in [5.41, 5.74) is 1.60. The summed E-state index contributed by atoms with van der Waals surface area (Å²) in [5.74, 6) is 0.568. The Balaban J connectivity index is 1.82. The molecule has 0 N–H and O–H groups in total. The first-order chi connectivity index (χ1) is 20.2. The van der Waals surface area contributed by atoms with E-state index in [0.29, 0.717) is 38.7 Å². The summed E-state index contributed by atoms with van der Waals surface area (Å²) in [4.78, 5) is 43.5. The van der Waals surface area contributed by atoms with Crippen LogP contribution in [-0.2, 0) is 14.3 Å². The molecule has 1 aromatic heterocycles. The van der Waals surface area contributed by atoms with Crippen molar-refractivity contribution in [2.75, 3.05) is 27.9 Å². The highest BCUT2D eigenvalue weighted by Crippen LogP contribution is 2.36. The van der Waals surface area contributed by atoms with Gasteiger partial charge in [0, 0.05) is 6.92 Å². The summed E-state index contributed by atoms with van der Waals surface area (Å²) in [6.45, 7) is 5.72. The number of carbonyl (C=O) groups is 2. The van der Waals surface area contributed by atoms with Crippen LogP contribution >= 0.6 is 11.3 Å². The molecule has 1 atom stereocenters. The van der Waals surface area contributed by atoms with Crippen molar-refractivity contribution in [1.82, 2.24) is 4.57 Å². The molecule has 4 rings (SSSR count). The minimum atomic E-state index is -0.857. The molecular weight excluding hydrogens is 560 g/mol. The zero-order chi connectivity index (χ0) is 30.4. The van der Waals surface area contributed by atoms with Gasteiger partial charge in [-0.15, -0.1) is 0 Å². The maximum atomic E-state index is 13.9. The van der Waals surface area contributed by atoms with Crippen molar-refractivity contribution in [2.45, 2.75) is 46.1 Å². The van der Waals surface area contributed by atoms with E-state index in [-0.39, 0.29) is 22.6 Å². The number of benzene rings is 2. The number of esters is 2. The van der Waals surface area contributed by atoms with Gasteiger partial charge in [-0.1, -0.05) is 43.2 Å². The molecule has 0 radical (unpaired) electrons. The summed E-state index contributed by atoms with van der Waals surface area (Å²) in [6, 6.07) is 9.51. The quantitative estimate of drug-likeness (QED) is 0.187. The highest BCUT2D eigenvalue weighted by atomic mass is 32.1. The molecule has 0 unspecified atom stereocenters. The van der Waals surface area contributed by atoms with Crippen LogP contribution in [0.25, 0.3) is 6.08 Å². The van der Waals surface area contributed by atoms with E-state index < -0.39 is 18.0 Å². The average molecular weight is 595 g/mol. The van der Waals surface area contributed by atoms with Crippen LogP contribution in [0.5, 0.6) is 23.0 Å². The van der Waals surface area contributed by atoms with E-state index in [4.69, 9.17) is 23.7 Å². The van der Waals surface area contributed by atoms with Crippen LogP contribution in [0.3, 0.4) is 0 Å². The summed E-state index contributed by atoms with van der Waals surface area (Å²) in [7, 11) is 4.29. The van der Waals surface area contributed by atoms with E-state index in [1.165, 1.54) is 37.0 Å². The van der Waals surface area contributed by atoms with Gasteiger partial charge < -0.3 is 23.7 Å². The number of aromatic nitrogens is 1. The zero-order valence-corrected chi connectivity index (χ0v) is 25.3. The fourth-order valence-corrected chi connectivity index (χ4v) is 5.73. The van der Waals surface area contributed by atoms with Crippen LogP contribution in [0, 0.1) is 0 Å². The number of hydrogen-bond acceptors (Lipinski definition) is 10. The van der Waals surface area contributed by atoms with Crippen LogP contribution in [-0.4, -0.2) is 44.4 Å². The average Bonchev–Trinajstić information content (AvgIpc) is 3.28. The topological polar surface area (TPSA) is 115 Å². The van der Waals surface area contributed by atoms with Gasteiger partial charge in [0.25, 0.3) is 5.56 Å². The number of nitrogens with zero attached hydrogens (tertiary/aromatic N) is 2. The third-order valence-corrected chi connectivity index (χ3v) is 7.66. The first kappa shape index (κ1) is 30.6. The van der Waals surface area contributed by atoms with E-state index in [0.717, 1.165) is 24.8 Å². The lowest BCUT2D eigenvalue weighted by Crippen LogP contribution is -2.39. The lowest BCUT2D eigenvalue weighted by Gasteiger charge is -2.25. The molecule has 2 heterocycles. The Labute approximate surface area is 247 Å². The van der Waals surface area contributed by atoms with Gasteiger partial charge in [0.15, 0.2) is 27.8 Å². The Morgan fingerprint density at radius 2 is 1.71 bits per heavy atom. The number of ether oxygens (including phenoxy) is 5. The van der Waals surface area contributed by atoms with Crippen molar-refractivity contribution in [1.29, 1.82) is 0 Å².